The molecule has 2 rings (SSSR count). The molecule has 1 amide bonds. The highest BCUT2D eigenvalue weighted by molar-refractivity contribution is 5.99. The fourth-order valence-corrected chi connectivity index (χ4v) is 2.59. The molecule has 0 saturated carbocycles. The molecular formula is C16H26N4O. The normalized spacial score (nSPS) is 15.1. The molecule has 21 heavy (non-hydrogen) atoms. The van der Waals surface area contributed by atoms with Gasteiger partial charge in [0, 0.05) is 32.9 Å². The van der Waals surface area contributed by atoms with E-state index in [-0.39, 0.29) is 5.91 Å². The van der Waals surface area contributed by atoms with Crippen LogP contribution in [0, 0.1) is 0 Å². The van der Waals surface area contributed by atoms with Gasteiger partial charge in [0.25, 0.3) is 5.91 Å². The summed E-state index contributed by atoms with van der Waals surface area (Å²) < 4.78 is 0. The Morgan fingerprint density at radius 1 is 1.43 bits per heavy atom. The molecule has 1 N–H and O–H groups in total. The number of aromatic nitrogens is 1. The lowest BCUT2D eigenvalue weighted by molar-refractivity contribution is 0.0783. The van der Waals surface area contributed by atoms with Gasteiger partial charge >= 0.3 is 0 Å². The van der Waals surface area contributed by atoms with E-state index < -0.39 is 0 Å². The van der Waals surface area contributed by atoms with Crippen molar-refractivity contribution in [3.8, 4) is 0 Å². The average molecular weight is 290 g/mol. The minimum absolute atomic E-state index is 0.0650. The fourth-order valence-electron chi connectivity index (χ4n) is 2.59. The van der Waals surface area contributed by atoms with Crippen LogP contribution >= 0.6 is 0 Å². The van der Waals surface area contributed by atoms with Gasteiger partial charge in [0.2, 0.25) is 0 Å². The molecule has 0 unspecified atom stereocenters. The molecule has 1 aromatic heterocycles. The predicted molar refractivity (Wildman–Crippen MR) is 85.7 cm³/mol. The lowest BCUT2D eigenvalue weighted by atomic mass is 10.2. The molecule has 5 nitrogen and oxygen atoms in total. The van der Waals surface area contributed by atoms with Crippen molar-refractivity contribution in [2.75, 3.05) is 45.1 Å². The first-order valence-electron chi connectivity index (χ1n) is 7.88. The summed E-state index contributed by atoms with van der Waals surface area (Å²) in [5, 5.41) is 3.28. The van der Waals surface area contributed by atoms with Crippen molar-refractivity contribution in [3.63, 3.8) is 0 Å². The van der Waals surface area contributed by atoms with Crippen molar-refractivity contribution in [1.82, 2.24) is 14.8 Å². The van der Waals surface area contributed by atoms with E-state index >= 15 is 0 Å². The minimum atomic E-state index is 0.0650. The lowest BCUT2D eigenvalue weighted by Crippen LogP contribution is -2.35. The third kappa shape index (κ3) is 4.43. The summed E-state index contributed by atoms with van der Waals surface area (Å²) in [6, 6.07) is 1.80. The largest absolute Gasteiger partial charge is 0.383 e. The van der Waals surface area contributed by atoms with Gasteiger partial charge in [-0.3, -0.25) is 9.78 Å². The number of likely N-dealkylation sites (tertiary alicyclic amines) is 1. The number of hydrogen-bond donors (Lipinski definition) is 1. The summed E-state index contributed by atoms with van der Waals surface area (Å²) >= 11 is 0. The maximum Gasteiger partial charge on any atom is 0.255 e. The first kappa shape index (κ1) is 15.8. The topological polar surface area (TPSA) is 48.5 Å². The summed E-state index contributed by atoms with van der Waals surface area (Å²) in [6.45, 7) is 7.02. The maximum atomic E-state index is 12.6. The van der Waals surface area contributed by atoms with Crippen LogP contribution in [0.1, 0.15) is 36.5 Å². The molecule has 0 aliphatic carbocycles. The van der Waals surface area contributed by atoms with Gasteiger partial charge < -0.3 is 15.1 Å². The Morgan fingerprint density at radius 3 is 2.90 bits per heavy atom. The molecule has 0 atom stereocenters. The fraction of sp³-hybridized carbons (Fsp3) is 0.625. The second kappa shape index (κ2) is 7.98. The number of pyridine rings is 1. The molecule has 5 heteroatoms. The number of hydrogen-bond acceptors (Lipinski definition) is 4. The number of likely N-dealkylation sites (N-methyl/N-ethyl adjacent to an activating group) is 1. The third-order valence-corrected chi connectivity index (χ3v) is 3.91. The number of rotatable bonds is 7. The van der Waals surface area contributed by atoms with E-state index in [0.29, 0.717) is 5.56 Å². The summed E-state index contributed by atoms with van der Waals surface area (Å²) in [6.07, 6.45) is 7.00. The second-order valence-corrected chi connectivity index (χ2v) is 5.62. The molecule has 1 saturated heterocycles. The smallest absolute Gasteiger partial charge is 0.255 e. The predicted octanol–water partition coefficient (Wildman–Crippen LogP) is 2.07. The molecule has 2 heterocycles. The Labute approximate surface area is 127 Å². The summed E-state index contributed by atoms with van der Waals surface area (Å²) in [7, 11) is 1.88. The zero-order valence-electron chi connectivity index (χ0n) is 13.1. The van der Waals surface area contributed by atoms with E-state index in [2.05, 4.69) is 22.1 Å². The van der Waals surface area contributed by atoms with Crippen LogP contribution in [0.15, 0.2) is 18.5 Å². The highest BCUT2D eigenvalue weighted by atomic mass is 16.2. The average Bonchev–Trinajstić information content (AvgIpc) is 3.03. The van der Waals surface area contributed by atoms with Gasteiger partial charge in [0.05, 0.1) is 17.4 Å². The number of nitrogens with one attached hydrogen (secondary N) is 1. The molecule has 1 aliphatic rings. The Morgan fingerprint density at radius 2 is 2.19 bits per heavy atom. The highest BCUT2D eigenvalue weighted by Crippen LogP contribution is 2.15. The van der Waals surface area contributed by atoms with Gasteiger partial charge in [-0.2, -0.15) is 0 Å². The number of nitrogens with zero attached hydrogens (tertiary/aromatic N) is 3. The molecule has 1 aromatic rings. The number of carbonyl (C=O) groups is 1. The third-order valence-electron chi connectivity index (χ3n) is 3.91. The summed E-state index contributed by atoms with van der Waals surface area (Å²) in [5.41, 5.74) is 1.54. The van der Waals surface area contributed by atoms with Gasteiger partial charge in [-0.05, 0) is 38.4 Å². The first-order valence-corrected chi connectivity index (χ1v) is 7.88. The van der Waals surface area contributed by atoms with Crippen LogP contribution in [0.25, 0.3) is 0 Å². The second-order valence-electron chi connectivity index (χ2n) is 5.62. The van der Waals surface area contributed by atoms with Gasteiger partial charge in [0.1, 0.15) is 0 Å². The van der Waals surface area contributed by atoms with Crippen LogP contribution in [-0.2, 0) is 0 Å². The van der Waals surface area contributed by atoms with Crippen LogP contribution in [0.5, 0.6) is 0 Å². The van der Waals surface area contributed by atoms with Crippen molar-refractivity contribution in [2.45, 2.75) is 26.2 Å². The van der Waals surface area contributed by atoms with Gasteiger partial charge in [-0.1, -0.05) is 6.92 Å². The van der Waals surface area contributed by atoms with Crippen LogP contribution < -0.4 is 5.32 Å². The lowest BCUT2D eigenvalue weighted by Gasteiger charge is -2.22. The molecule has 1 fully saturated rings. The van der Waals surface area contributed by atoms with Gasteiger partial charge in [-0.15, -0.1) is 0 Å². The van der Waals surface area contributed by atoms with Crippen molar-refractivity contribution in [1.29, 1.82) is 0 Å². The van der Waals surface area contributed by atoms with E-state index in [4.69, 9.17) is 0 Å². The standard InChI is InChI=1S/C16H26N4O/c1-3-7-18-15-13-17-8-6-14(15)16(21)19(2)11-12-20-9-4-5-10-20/h6,8,13,18H,3-5,7,9-12H2,1-2H3. The Kier molecular flexibility index (Phi) is 5.99. The van der Waals surface area contributed by atoms with Gasteiger partial charge in [0.15, 0.2) is 0 Å². The molecule has 0 bridgehead atoms. The van der Waals surface area contributed by atoms with Crippen molar-refractivity contribution >= 4 is 11.6 Å². The molecule has 0 radical (unpaired) electrons. The quantitative estimate of drug-likeness (QED) is 0.835. The van der Waals surface area contributed by atoms with Crippen molar-refractivity contribution in [2.24, 2.45) is 0 Å². The van der Waals surface area contributed by atoms with Crippen LogP contribution in [0.2, 0.25) is 0 Å². The van der Waals surface area contributed by atoms with Gasteiger partial charge in [-0.25, -0.2) is 0 Å². The minimum Gasteiger partial charge on any atom is -0.383 e. The van der Waals surface area contributed by atoms with E-state index in [1.807, 2.05) is 11.9 Å². The van der Waals surface area contributed by atoms with Crippen LogP contribution in [-0.4, -0.2) is 60.5 Å². The van der Waals surface area contributed by atoms with E-state index in [1.54, 1.807) is 18.5 Å². The molecule has 0 spiro atoms. The van der Waals surface area contributed by atoms with Crippen molar-refractivity contribution in [3.05, 3.63) is 24.0 Å². The molecular weight excluding hydrogens is 264 g/mol. The maximum absolute atomic E-state index is 12.6. The van der Waals surface area contributed by atoms with Crippen LogP contribution in [0.4, 0.5) is 5.69 Å². The van der Waals surface area contributed by atoms with E-state index in [0.717, 1.165) is 31.7 Å². The van der Waals surface area contributed by atoms with E-state index in [1.165, 1.54) is 25.9 Å². The molecule has 0 aromatic carbocycles. The molecule has 1 aliphatic heterocycles. The summed E-state index contributed by atoms with van der Waals surface area (Å²) in [4.78, 5) is 20.9. The highest BCUT2D eigenvalue weighted by Gasteiger charge is 2.17. The Bertz CT molecular complexity index is 457. The Hall–Kier alpha value is -1.62. The zero-order chi connectivity index (χ0) is 15.1. The monoisotopic (exact) mass is 290 g/mol. The zero-order valence-corrected chi connectivity index (χ0v) is 13.1. The first-order chi connectivity index (χ1) is 10.2. The number of anilines is 1. The Balaban J connectivity index is 1.94. The SMILES string of the molecule is CCCNc1cnccc1C(=O)N(C)CCN1CCCC1. The van der Waals surface area contributed by atoms with E-state index in [9.17, 15) is 4.79 Å². The molecule has 116 valence electrons. The van der Waals surface area contributed by atoms with Crippen molar-refractivity contribution < 1.29 is 4.79 Å². The number of carbonyl (C=O) groups excluding carboxylic acids is 1. The number of amides is 1. The van der Waals surface area contributed by atoms with Crippen LogP contribution in [0.3, 0.4) is 0 Å². The summed E-state index contributed by atoms with van der Waals surface area (Å²) in [5.74, 6) is 0.0650.